The van der Waals surface area contributed by atoms with Gasteiger partial charge >= 0.3 is 0 Å². The predicted octanol–water partition coefficient (Wildman–Crippen LogP) is 3.97. The molecule has 1 aliphatic heterocycles. The maximum atomic E-state index is 13.3. The van der Waals surface area contributed by atoms with Gasteiger partial charge in [-0.15, -0.1) is 5.10 Å². The molecule has 0 saturated carbocycles. The Morgan fingerprint density at radius 2 is 1.74 bits per heavy atom. The number of piperidine rings is 1. The number of hydrogen-bond acceptors (Lipinski definition) is 3. The predicted molar refractivity (Wildman–Crippen MR) is 99.8 cm³/mol. The zero-order valence-electron chi connectivity index (χ0n) is 15.1. The lowest BCUT2D eigenvalue weighted by Crippen LogP contribution is -2.34. The van der Waals surface area contributed by atoms with E-state index < -0.39 is 11.6 Å². The average Bonchev–Trinajstić information content (AvgIpc) is 3.20. The topological polar surface area (TPSA) is 34.0 Å². The molecule has 0 bridgehead atoms. The number of rotatable bonds is 5. The molecule has 0 N–H and O–H groups in total. The minimum Gasteiger partial charge on any atom is -0.303 e. The molecule has 1 aliphatic rings. The van der Waals surface area contributed by atoms with Crippen LogP contribution in [0.4, 0.5) is 8.78 Å². The molecule has 4 nitrogen and oxygen atoms in total. The molecule has 1 aromatic heterocycles. The number of nitrogens with zero attached hydrogens (tertiary/aromatic N) is 4. The van der Waals surface area contributed by atoms with Crippen molar-refractivity contribution in [3.8, 4) is 5.69 Å². The molecule has 0 amide bonds. The normalized spacial score (nSPS) is 15.9. The maximum Gasteiger partial charge on any atom is 0.159 e. The van der Waals surface area contributed by atoms with Crippen LogP contribution in [0.25, 0.3) is 5.69 Å². The first-order chi connectivity index (χ1) is 13.2. The van der Waals surface area contributed by atoms with Crippen LogP contribution in [0.5, 0.6) is 0 Å². The number of benzene rings is 2. The third-order valence-electron chi connectivity index (χ3n) is 5.24. The Bertz CT molecular complexity index is 886. The molecule has 27 heavy (non-hydrogen) atoms. The van der Waals surface area contributed by atoms with Gasteiger partial charge in [-0.1, -0.05) is 29.5 Å². The number of halogens is 2. The van der Waals surface area contributed by atoms with E-state index in [2.05, 4.69) is 15.2 Å². The van der Waals surface area contributed by atoms with Gasteiger partial charge in [0.25, 0.3) is 0 Å². The van der Waals surface area contributed by atoms with Crippen molar-refractivity contribution >= 4 is 0 Å². The van der Waals surface area contributed by atoms with Gasteiger partial charge in [-0.05, 0) is 62.2 Å². The van der Waals surface area contributed by atoms with Crippen LogP contribution in [0.2, 0.25) is 0 Å². The minimum absolute atomic E-state index is 0.418. The molecule has 0 atom stereocenters. The summed E-state index contributed by atoms with van der Waals surface area (Å²) in [7, 11) is 0. The Morgan fingerprint density at radius 1 is 0.963 bits per heavy atom. The Balaban J connectivity index is 1.30. The fraction of sp³-hybridized carbons (Fsp3) is 0.333. The van der Waals surface area contributed by atoms with Crippen LogP contribution in [-0.4, -0.2) is 39.5 Å². The fourth-order valence-corrected chi connectivity index (χ4v) is 3.61. The molecule has 0 radical (unpaired) electrons. The van der Waals surface area contributed by atoms with Crippen LogP contribution in [0.1, 0.15) is 30.0 Å². The van der Waals surface area contributed by atoms with Crippen LogP contribution in [0, 0.1) is 11.6 Å². The maximum absolute atomic E-state index is 13.3. The number of para-hydroxylation sites is 1. The largest absolute Gasteiger partial charge is 0.303 e. The molecule has 6 heteroatoms. The molecule has 2 heterocycles. The lowest BCUT2D eigenvalue weighted by Gasteiger charge is -2.31. The van der Waals surface area contributed by atoms with Gasteiger partial charge < -0.3 is 4.90 Å². The van der Waals surface area contributed by atoms with Crippen molar-refractivity contribution in [2.75, 3.05) is 19.6 Å². The first kappa shape index (κ1) is 17.8. The second-order valence-electron chi connectivity index (χ2n) is 7.04. The van der Waals surface area contributed by atoms with E-state index in [0.717, 1.165) is 55.8 Å². The van der Waals surface area contributed by atoms with Gasteiger partial charge in [0.2, 0.25) is 0 Å². The Kier molecular flexibility index (Phi) is 5.25. The molecule has 1 fully saturated rings. The summed E-state index contributed by atoms with van der Waals surface area (Å²) in [6, 6.07) is 14.1. The second-order valence-corrected chi connectivity index (χ2v) is 7.04. The van der Waals surface area contributed by atoms with Crippen molar-refractivity contribution in [1.29, 1.82) is 0 Å². The van der Waals surface area contributed by atoms with E-state index in [-0.39, 0.29) is 0 Å². The van der Waals surface area contributed by atoms with Gasteiger partial charge in [0, 0.05) is 12.5 Å². The lowest BCUT2D eigenvalue weighted by atomic mass is 9.94. The van der Waals surface area contributed by atoms with Gasteiger partial charge in [0.15, 0.2) is 11.6 Å². The average molecular weight is 368 g/mol. The van der Waals surface area contributed by atoms with Crippen LogP contribution < -0.4 is 0 Å². The van der Waals surface area contributed by atoms with Crippen LogP contribution >= 0.6 is 0 Å². The minimum atomic E-state index is -0.789. The van der Waals surface area contributed by atoms with Crippen LogP contribution in [0.15, 0.2) is 54.7 Å². The van der Waals surface area contributed by atoms with Crippen molar-refractivity contribution in [3.05, 3.63) is 77.6 Å². The van der Waals surface area contributed by atoms with E-state index >= 15 is 0 Å². The quantitative estimate of drug-likeness (QED) is 0.683. The molecular weight excluding hydrogens is 346 g/mol. The van der Waals surface area contributed by atoms with Crippen molar-refractivity contribution in [2.45, 2.75) is 25.2 Å². The molecule has 2 aromatic carbocycles. The third-order valence-corrected chi connectivity index (χ3v) is 5.24. The molecule has 0 spiro atoms. The summed E-state index contributed by atoms with van der Waals surface area (Å²) in [5, 5.41) is 8.63. The number of hydrogen-bond donors (Lipinski definition) is 0. The van der Waals surface area contributed by atoms with Gasteiger partial charge in [-0.2, -0.15) is 0 Å². The Labute approximate surface area is 157 Å². The van der Waals surface area contributed by atoms with Crippen molar-refractivity contribution in [2.24, 2.45) is 0 Å². The smallest absolute Gasteiger partial charge is 0.159 e. The Morgan fingerprint density at radius 3 is 2.48 bits per heavy atom. The molecule has 140 valence electrons. The zero-order valence-corrected chi connectivity index (χ0v) is 15.1. The third kappa shape index (κ3) is 4.22. The van der Waals surface area contributed by atoms with Crippen LogP contribution in [-0.2, 0) is 6.42 Å². The monoisotopic (exact) mass is 368 g/mol. The first-order valence-electron chi connectivity index (χ1n) is 9.33. The molecule has 3 aromatic rings. The summed E-state index contributed by atoms with van der Waals surface area (Å²) in [6.07, 6.45) is 4.82. The van der Waals surface area contributed by atoms with Gasteiger partial charge in [-0.25, -0.2) is 13.5 Å². The standard InChI is InChI=1S/C21H22F2N4/c22-19-7-6-16(14-20(19)23)8-11-26-12-9-17(10-13-26)21-15-27(25-24-21)18-4-2-1-3-5-18/h1-7,14-15,17H,8-13H2. The van der Waals surface area contributed by atoms with E-state index in [1.165, 1.54) is 12.1 Å². The van der Waals surface area contributed by atoms with Gasteiger partial charge in [-0.3, -0.25) is 0 Å². The molecule has 0 aliphatic carbocycles. The molecule has 4 rings (SSSR count). The highest BCUT2D eigenvalue weighted by molar-refractivity contribution is 5.30. The van der Waals surface area contributed by atoms with Crippen molar-refractivity contribution < 1.29 is 8.78 Å². The molecule has 0 unspecified atom stereocenters. The molecule has 1 saturated heterocycles. The van der Waals surface area contributed by atoms with Crippen LogP contribution in [0.3, 0.4) is 0 Å². The van der Waals surface area contributed by atoms with Gasteiger partial charge in [0.1, 0.15) is 0 Å². The van der Waals surface area contributed by atoms with Crippen molar-refractivity contribution in [3.63, 3.8) is 0 Å². The van der Waals surface area contributed by atoms with E-state index in [1.54, 1.807) is 6.07 Å². The first-order valence-corrected chi connectivity index (χ1v) is 9.33. The highest BCUT2D eigenvalue weighted by atomic mass is 19.2. The summed E-state index contributed by atoms with van der Waals surface area (Å²) in [5.74, 6) is -1.14. The van der Waals surface area contributed by atoms with E-state index in [4.69, 9.17) is 0 Å². The number of likely N-dealkylation sites (tertiary alicyclic amines) is 1. The lowest BCUT2D eigenvalue weighted by molar-refractivity contribution is 0.213. The van der Waals surface area contributed by atoms with Crippen molar-refractivity contribution in [1.82, 2.24) is 19.9 Å². The highest BCUT2D eigenvalue weighted by Gasteiger charge is 2.23. The summed E-state index contributed by atoms with van der Waals surface area (Å²) >= 11 is 0. The zero-order chi connectivity index (χ0) is 18.6. The summed E-state index contributed by atoms with van der Waals surface area (Å²) in [4.78, 5) is 2.37. The summed E-state index contributed by atoms with van der Waals surface area (Å²) in [6.45, 7) is 2.81. The van der Waals surface area contributed by atoms with E-state index in [0.29, 0.717) is 5.92 Å². The highest BCUT2D eigenvalue weighted by Crippen LogP contribution is 2.27. The van der Waals surface area contributed by atoms with E-state index in [9.17, 15) is 8.78 Å². The van der Waals surface area contributed by atoms with E-state index in [1.807, 2.05) is 41.2 Å². The second kappa shape index (κ2) is 7.96. The summed E-state index contributed by atoms with van der Waals surface area (Å²) < 4.78 is 28.1. The number of aromatic nitrogens is 3. The molecular formula is C21H22F2N4. The van der Waals surface area contributed by atoms with Gasteiger partial charge in [0.05, 0.1) is 17.6 Å². The SMILES string of the molecule is Fc1ccc(CCN2CCC(c3cn(-c4ccccc4)nn3)CC2)cc1F. The summed E-state index contributed by atoms with van der Waals surface area (Å²) in [5.41, 5.74) is 2.89. The Hall–Kier alpha value is -2.60. The fourth-order valence-electron chi connectivity index (χ4n) is 3.61.